The number of benzene rings is 1. The van der Waals surface area contributed by atoms with E-state index in [2.05, 4.69) is 26.4 Å². The molecule has 0 saturated carbocycles. The van der Waals surface area contributed by atoms with Crippen LogP contribution in [-0.4, -0.2) is 23.8 Å². The average molecular weight is 354 g/mol. The summed E-state index contributed by atoms with van der Waals surface area (Å²) in [6.07, 6.45) is -3.91. The van der Waals surface area contributed by atoms with Gasteiger partial charge in [0.2, 0.25) is 0 Å². The Hall–Kier alpha value is -1.44. The quantitative estimate of drug-likeness (QED) is 0.329. The Labute approximate surface area is 123 Å². The number of oxime groups is 1. The van der Waals surface area contributed by atoms with Gasteiger partial charge in [0.25, 0.3) is 0 Å². The molecule has 0 aliphatic heterocycles. The second-order valence-corrected chi connectivity index (χ2v) is 5.07. The smallest absolute Gasteiger partial charge is 0.400 e. The highest BCUT2D eigenvalue weighted by Gasteiger charge is 2.42. The maximum Gasteiger partial charge on any atom is 0.400 e. The molecule has 0 fully saturated rings. The number of halogens is 4. The summed E-state index contributed by atoms with van der Waals surface area (Å²) in [5.74, 6) is -2.90. The van der Waals surface area contributed by atoms with Crippen molar-refractivity contribution >= 4 is 27.5 Å². The Morgan fingerprint density at radius 1 is 1.50 bits per heavy atom. The van der Waals surface area contributed by atoms with Gasteiger partial charge in [-0.3, -0.25) is 0 Å². The summed E-state index contributed by atoms with van der Waals surface area (Å²) in [4.78, 5) is 0. The van der Waals surface area contributed by atoms with Crippen LogP contribution in [0.25, 0.3) is 0 Å². The lowest BCUT2D eigenvalue weighted by atomic mass is 10.1. The largest absolute Gasteiger partial charge is 0.409 e. The van der Waals surface area contributed by atoms with Crippen LogP contribution in [0.1, 0.15) is 12.5 Å². The summed E-state index contributed by atoms with van der Waals surface area (Å²) in [5, 5.41) is 13.6. The Morgan fingerprint density at radius 3 is 2.65 bits per heavy atom. The number of alkyl halides is 3. The van der Waals surface area contributed by atoms with Gasteiger partial charge < -0.3 is 16.3 Å². The summed E-state index contributed by atoms with van der Waals surface area (Å²) in [6, 6.07) is 5.24. The normalized spacial score (nSPS) is 14.2. The summed E-state index contributed by atoms with van der Waals surface area (Å²) in [7, 11) is 0. The minimum atomic E-state index is -4.58. The Kier molecular flexibility index (Phi) is 5.67. The highest BCUT2D eigenvalue weighted by atomic mass is 79.9. The first-order valence-electron chi connectivity index (χ1n) is 5.86. The van der Waals surface area contributed by atoms with Gasteiger partial charge in [-0.1, -0.05) is 28.0 Å². The molecule has 1 aromatic carbocycles. The van der Waals surface area contributed by atoms with Crippen molar-refractivity contribution in [3.63, 3.8) is 0 Å². The van der Waals surface area contributed by atoms with Crippen LogP contribution in [0.15, 0.2) is 27.8 Å². The minimum Gasteiger partial charge on any atom is -0.409 e. The molecular formula is C12H15BrF3N3O. The van der Waals surface area contributed by atoms with Crippen molar-refractivity contribution in [3.8, 4) is 0 Å². The first kappa shape index (κ1) is 16.6. The summed E-state index contributed by atoms with van der Waals surface area (Å²) in [6.45, 7) is 1.41. The van der Waals surface area contributed by atoms with E-state index in [1.54, 1.807) is 12.1 Å². The standard InChI is InChI=1S/C12H15BrF3N3O/c1-2-7-5-8(13)3-4-10(7)18-6-9(11(17)19-20)12(14,15)16/h3-5,9,18,20H,2,6H2,1H3,(H2,17,19). The Morgan fingerprint density at radius 2 is 2.15 bits per heavy atom. The van der Waals surface area contributed by atoms with E-state index in [1.807, 2.05) is 13.0 Å². The van der Waals surface area contributed by atoms with E-state index < -0.39 is 24.5 Å². The van der Waals surface area contributed by atoms with Gasteiger partial charge in [0.05, 0.1) is 0 Å². The number of hydrogen-bond donors (Lipinski definition) is 3. The predicted octanol–water partition coefficient (Wildman–Crippen LogP) is 3.35. The molecule has 20 heavy (non-hydrogen) atoms. The van der Waals surface area contributed by atoms with Crippen molar-refractivity contribution in [2.75, 3.05) is 11.9 Å². The van der Waals surface area contributed by atoms with Gasteiger partial charge in [0.1, 0.15) is 5.92 Å². The van der Waals surface area contributed by atoms with E-state index >= 15 is 0 Å². The number of rotatable bonds is 5. The predicted molar refractivity (Wildman–Crippen MR) is 75.0 cm³/mol. The number of aryl methyl sites for hydroxylation is 1. The molecule has 0 aliphatic rings. The highest BCUT2D eigenvalue weighted by Crippen LogP contribution is 2.28. The highest BCUT2D eigenvalue weighted by molar-refractivity contribution is 9.10. The van der Waals surface area contributed by atoms with Crippen LogP contribution in [0.3, 0.4) is 0 Å². The van der Waals surface area contributed by atoms with Crippen molar-refractivity contribution < 1.29 is 18.4 Å². The minimum absolute atomic E-state index is 0.492. The van der Waals surface area contributed by atoms with Crippen molar-refractivity contribution in [1.29, 1.82) is 0 Å². The SMILES string of the molecule is CCc1cc(Br)ccc1NCC(/C(N)=N/O)C(F)(F)F. The van der Waals surface area contributed by atoms with Gasteiger partial charge in [0.15, 0.2) is 5.84 Å². The van der Waals surface area contributed by atoms with Crippen LogP contribution in [0, 0.1) is 5.92 Å². The van der Waals surface area contributed by atoms with E-state index in [4.69, 9.17) is 10.9 Å². The monoisotopic (exact) mass is 353 g/mol. The second-order valence-electron chi connectivity index (χ2n) is 4.15. The second kappa shape index (κ2) is 6.83. The van der Waals surface area contributed by atoms with Crippen LogP contribution < -0.4 is 11.1 Å². The molecule has 8 heteroatoms. The lowest BCUT2D eigenvalue weighted by Crippen LogP contribution is -2.40. The summed E-state index contributed by atoms with van der Waals surface area (Å²) >= 11 is 3.30. The molecule has 4 nitrogen and oxygen atoms in total. The number of nitrogens with zero attached hydrogens (tertiary/aromatic N) is 1. The van der Waals surface area contributed by atoms with Gasteiger partial charge in [0, 0.05) is 16.7 Å². The number of nitrogens with two attached hydrogens (primary N) is 1. The number of hydrogen-bond acceptors (Lipinski definition) is 3. The first-order chi connectivity index (χ1) is 9.29. The fraction of sp³-hybridized carbons (Fsp3) is 0.417. The molecule has 0 bridgehead atoms. The lowest BCUT2D eigenvalue weighted by molar-refractivity contribution is -0.152. The topological polar surface area (TPSA) is 70.6 Å². The fourth-order valence-corrected chi connectivity index (χ4v) is 2.11. The van der Waals surface area contributed by atoms with Crippen LogP contribution >= 0.6 is 15.9 Å². The van der Waals surface area contributed by atoms with Crippen LogP contribution in [-0.2, 0) is 6.42 Å². The van der Waals surface area contributed by atoms with Crippen LogP contribution in [0.2, 0.25) is 0 Å². The zero-order valence-corrected chi connectivity index (χ0v) is 12.3. The fourth-order valence-electron chi connectivity index (χ4n) is 1.70. The zero-order valence-electron chi connectivity index (χ0n) is 10.7. The van der Waals surface area contributed by atoms with Crippen molar-refractivity contribution in [2.24, 2.45) is 16.8 Å². The van der Waals surface area contributed by atoms with Crippen molar-refractivity contribution in [1.82, 2.24) is 0 Å². The molecule has 0 spiro atoms. The number of anilines is 1. The maximum atomic E-state index is 12.8. The third kappa shape index (κ3) is 4.29. The van der Waals surface area contributed by atoms with Gasteiger partial charge in [-0.25, -0.2) is 0 Å². The third-order valence-electron chi connectivity index (χ3n) is 2.81. The molecule has 1 aromatic rings. The molecule has 0 heterocycles. The van der Waals surface area contributed by atoms with Gasteiger partial charge in [-0.05, 0) is 30.2 Å². The summed E-state index contributed by atoms with van der Waals surface area (Å²) < 4.78 is 39.2. The molecule has 112 valence electrons. The molecule has 1 unspecified atom stereocenters. The van der Waals surface area contributed by atoms with E-state index in [1.165, 1.54) is 0 Å². The molecule has 0 saturated heterocycles. The molecule has 4 N–H and O–H groups in total. The van der Waals surface area contributed by atoms with E-state index in [9.17, 15) is 13.2 Å². The van der Waals surface area contributed by atoms with Crippen molar-refractivity contribution in [3.05, 3.63) is 28.2 Å². The van der Waals surface area contributed by atoms with E-state index in [0.717, 1.165) is 10.0 Å². The third-order valence-corrected chi connectivity index (χ3v) is 3.31. The van der Waals surface area contributed by atoms with Crippen LogP contribution in [0.5, 0.6) is 0 Å². The first-order valence-corrected chi connectivity index (χ1v) is 6.65. The van der Waals surface area contributed by atoms with Gasteiger partial charge in [-0.2, -0.15) is 13.2 Å². The van der Waals surface area contributed by atoms with Crippen molar-refractivity contribution in [2.45, 2.75) is 19.5 Å². The van der Waals surface area contributed by atoms with E-state index in [-0.39, 0.29) is 0 Å². The Balaban J connectivity index is 2.88. The van der Waals surface area contributed by atoms with Gasteiger partial charge in [-0.15, -0.1) is 0 Å². The average Bonchev–Trinajstić information content (AvgIpc) is 2.38. The van der Waals surface area contributed by atoms with Crippen LogP contribution in [0.4, 0.5) is 18.9 Å². The molecule has 0 aliphatic carbocycles. The Bertz CT molecular complexity index is 491. The molecular weight excluding hydrogens is 339 g/mol. The number of nitrogens with one attached hydrogen (secondary N) is 1. The maximum absolute atomic E-state index is 12.8. The molecule has 0 amide bonds. The lowest BCUT2D eigenvalue weighted by Gasteiger charge is -2.21. The molecule has 0 radical (unpaired) electrons. The number of amidine groups is 1. The zero-order chi connectivity index (χ0) is 15.3. The van der Waals surface area contributed by atoms with E-state index in [0.29, 0.717) is 12.1 Å². The molecule has 1 atom stereocenters. The summed E-state index contributed by atoms with van der Waals surface area (Å²) in [5.41, 5.74) is 6.56. The molecule has 0 aromatic heterocycles. The molecule has 1 rings (SSSR count). The van der Waals surface area contributed by atoms with Gasteiger partial charge >= 0.3 is 6.18 Å².